The fraction of sp³-hybridized carbons (Fsp3) is 0.600. The molecule has 1 aromatic rings. The maximum absolute atomic E-state index is 12.9. The van der Waals surface area contributed by atoms with Crippen LogP contribution in [0.5, 0.6) is 0 Å². The third-order valence-electron chi connectivity index (χ3n) is 5.68. The summed E-state index contributed by atoms with van der Waals surface area (Å²) in [4.78, 5) is 26.1. The minimum atomic E-state index is -0.743. The Morgan fingerprint density at radius 2 is 1.67 bits per heavy atom. The van der Waals surface area contributed by atoms with E-state index in [2.05, 4.69) is 24.3 Å². The van der Waals surface area contributed by atoms with Crippen LogP contribution >= 0.6 is 0 Å². The van der Waals surface area contributed by atoms with Crippen molar-refractivity contribution in [3.8, 4) is 0 Å². The lowest BCUT2D eigenvalue weighted by Crippen LogP contribution is -2.39. The Bertz CT molecular complexity index is 572. The van der Waals surface area contributed by atoms with Crippen LogP contribution in [-0.2, 0) is 9.59 Å². The van der Waals surface area contributed by atoms with E-state index in [4.69, 9.17) is 0 Å². The Morgan fingerprint density at radius 3 is 2.42 bits per heavy atom. The second-order valence-corrected chi connectivity index (χ2v) is 7.26. The van der Waals surface area contributed by atoms with Gasteiger partial charge in [0, 0.05) is 19.0 Å². The minimum Gasteiger partial charge on any atom is -0.481 e. The molecular formula is C20H27NO3. The van der Waals surface area contributed by atoms with Gasteiger partial charge in [0.25, 0.3) is 0 Å². The zero-order valence-corrected chi connectivity index (χ0v) is 14.2. The first-order valence-corrected chi connectivity index (χ1v) is 9.21. The van der Waals surface area contributed by atoms with Crippen molar-refractivity contribution >= 4 is 11.9 Å². The quantitative estimate of drug-likeness (QED) is 0.920. The van der Waals surface area contributed by atoms with E-state index in [-0.39, 0.29) is 17.7 Å². The molecule has 0 radical (unpaired) electrons. The molecule has 130 valence electrons. The molecule has 4 nitrogen and oxygen atoms in total. The minimum absolute atomic E-state index is 0.0897. The summed E-state index contributed by atoms with van der Waals surface area (Å²) in [5.41, 5.74) is 1.37. The summed E-state index contributed by atoms with van der Waals surface area (Å²) in [5.74, 6) is -0.450. The predicted octanol–water partition coefficient (Wildman–Crippen LogP) is 3.67. The monoisotopic (exact) mass is 329 g/mol. The summed E-state index contributed by atoms with van der Waals surface area (Å²) in [6, 6.07) is 10.6. The Balaban J connectivity index is 1.59. The van der Waals surface area contributed by atoms with Crippen LogP contribution < -0.4 is 0 Å². The average Bonchev–Trinajstić information content (AvgIpc) is 2.88. The zero-order chi connectivity index (χ0) is 16.9. The maximum Gasteiger partial charge on any atom is 0.306 e. The molecule has 0 bridgehead atoms. The normalized spacial score (nSPS) is 28.2. The molecular weight excluding hydrogens is 302 g/mol. The number of benzene rings is 1. The number of carbonyl (C=O) groups excluding carboxylic acids is 1. The molecule has 1 N–H and O–H groups in total. The highest BCUT2D eigenvalue weighted by Crippen LogP contribution is 2.33. The number of carboxylic acid groups (broad SMARTS) is 1. The van der Waals surface area contributed by atoms with E-state index in [0.717, 1.165) is 51.6 Å². The first-order valence-electron chi connectivity index (χ1n) is 9.21. The first kappa shape index (κ1) is 17.0. The zero-order valence-electron chi connectivity index (χ0n) is 14.2. The van der Waals surface area contributed by atoms with Gasteiger partial charge in [-0.25, -0.2) is 0 Å². The van der Waals surface area contributed by atoms with Gasteiger partial charge < -0.3 is 10.0 Å². The van der Waals surface area contributed by atoms with E-state index >= 15 is 0 Å². The predicted molar refractivity (Wildman–Crippen MR) is 92.7 cm³/mol. The van der Waals surface area contributed by atoms with Crippen molar-refractivity contribution in [1.29, 1.82) is 0 Å². The molecule has 0 spiro atoms. The third-order valence-corrected chi connectivity index (χ3v) is 5.68. The van der Waals surface area contributed by atoms with Crippen molar-refractivity contribution in [2.45, 2.75) is 50.9 Å². The molecule has 1 saturated heterocycles. The Kier molecular flexibility index (Phi) is 5.54. The molecule has 4 heteroatoms. The van der Waals surface area contributed by atoms with Crippen LogP contribution in [0.2, 0.25) is 0 Å². The Labute approximate surface area is 143 Å². The number of rotatable bonds is 3. The number of amides is 1. The number of nitrogens with zero attached hydrogens (tertiary/aromatic N) is 1. The second kappa shape index (κ2) is 7.82. The second-order valence-electron chi connectivity index (χ2n) is 7.26. The lowest BCUT2D eigenvalue weighted by molar-refractivity contribution is -0.145. The summed E-state index contributed by atoms with van der Waals surface area (Å²) in [5, 5.41) is 9.23. The van der Waals surface area contributed by atoms with Gasteiger partial charge in [0.1, 0.15) is 0 Å². The molecule has 2 aliphatic rings. The lowest BCUT2D eigenvalue weighted by Gasteiger charge is -2.31. The smallest absolute Gasteiger partial charge is 0.306 e. The van der Waals surface area contributed by atoms with Crippen molar-refractivity contribution in [2.24, 2.45) is 11.8 Å². The highest BCUT2D eigenvalue weighted by atomic mass is 16.4. The van der Waals surface area contributed by atoms with Crippen LogP contribution in [0.25, 0.3) is 0 Å². The first-order chi connectivity index (χ1) is 11.6. The topological polar surface area (TPSA) is 57.6 Å². The number of hydrogen-bond donors (Lipinski definition) is 1. The van der Waals surface area contributed by atoms with Gasteiger partial charge in [0.15, 0.2) is 0 Å². The summed E-state index contributed by atoms with van der Waals surface area (Å²) in [7, 11) is 0. The maximum atomic E-state index is 12.9. The molecule has 2 fully saturated rings. The molecule has 1 aliphatic heterocycles. The fourth-order valence-corrected chi connectivity index (χ4v) is 4.27. The number of carbonyl (C=O) groups is 2. The number of carboxylic acids is 1. The number of hydrogen-bond acceptors (Lipinski definition) is 2. The Hall–Kier alpha value is -1.84. The van der Waals surface area contributed by atoms with E-state index in [1.54, 1.807) is 0 Å². The van der Waals surface area contributed by atoms with E-state index in [1.165, 1.54) is 5.56 Å². The highest BCUT2D eigenvalue weighted by molar-refractivity contribution is 5.80. The van der Waals surface area contributed by atoms with Gasteiger partial charge >= 0.3 is 5.97 Å². The molecule has 1 heterocycles. The fourth-order valence-electron chi connectivity index (χ4n) is 4.27. The molecule has 24 heavy (non-hydrogen) atoms. The van der Waals surface area contributed by atoms with Crippen molar-refractivity contribution in [3.63, 3.8) is 0 Å². The molecule has 3 unspecified atom stereocenters. The average molecular weight is 329 g/mol. The number of aliphatic carboxylic acids is 1. The van der Waals surface area contributed by atoms with Crippen LogP contribution in [0.4, 0.5) is 0 Å². The molecule has 0 aromatic heterocycles. The van der Waals surface area contributed by atoms with Gasteiger partial charge in [-0.1, -0.05) is 36.8 Å². The van der Waals surface area contributed by atoms with E-state index < -0.39 is 5.97 Å². The lowest BCUT2D eigenvalue weighted by atomic mass is 9.80. The van der Waals surface area contributed by atoms with Gasteiger partial charge in [-0.2, -0.15) is 0 Å². The van der Waals surface area contributed by atoms with Crippen LogP contribution in [0.3, 0.4) is 0 Å². The molecule has 1 saturated carbocycles. The highest BCUT2D eigenvalue weighted by Gasteiger charge is 2.34. The van der Waals surface area contributed by atoms with Crippen LogP contribution in [0.15, 0.2) is 30.3 Å². The molecule has 1 aliphatic carbocycles. The van der Waals surface area contributed by atoms with Gasteiger partial charge in [0.05, 0.1) is 5.92 Å². The van der Waals surface area contributed by atoms with Crippen LogP contribution in [0, 0.1) is 11.8 Å². The number of likely N-dealkylation sites (tertiary alicyclic amines) is 1. The van der Waals surface area contributed by atoms with Crippen molar-refractivity contribution < 1.29 is 14.7 Å². The summed E-state index contributed by atoms with van der Waals surface area (Å²) < 4.78 is 0. The Morgan fingerprint density at radius 1 is 0.917 bits per heavy atom. The van der Waals surface area contributed by atoms with E-state index in [0.29, 0.717) is 12.3 Å². The summed E-state index contributed by atoms with van der Waals surface area (Å²) in [6.45, 7) is 1.61. The van der Waals surface area contributed by atoms with Crippen molar-refractivity contribution in [3.05, 3.63) is 35.9 Å². The largest absolute Gasteiger partial charge is 0.481 e. The third kappa shape index (κ3) is 3.97. The van der Waals surface area contributed by atoms with Gasteiger partial charge in [0.2, 0.25) is 5.91 Å². The van der Waals surface area contributed by atoms with Crippen LogP contribution in [-0.4, -0.2) is 35.0 Å². The molecule has 3 rings (SSSR count). The van der Waals surface area contributed by atoms with Crippen molar-refractivity contribution in [1.82, 2.24) is 4.90 Å². The SMILES string of the molecule is O=C(O)C1CCCC(C(=O)N2CCCC(c3ccccc3)CC2)C1. The van der Waals surface area contributed by atoms with Gasteiger partial charge in [-0.05, 0) is 50.0 Å². The standard InChI is InChI=1S/C20H27NO3/c22-19(17-8-4-9-18(14-17)20(23)24)21-12-5-10-16(11-13-21)15-6-2-1-3-7-15/h1-3,6-7,16-18H,4-5,8-14H2,(H,23,24). The van der Waals surface area contributed by atoms with E-state index in [9.17, 15) is 14.7 Å². The van der Waals surface area contributed by atoms with Crippen LogP contribution in [0.1, 0.15) is 56.4 Å². The molecule has 1 amide bonds. The molecule has 1 aromatic carbocycles. The summed E-state index contributed by atoms with van der Waals surface area (Å²) >= 11 is 0. The summed E-state index contributed by atoms with van der Waals surface area (Å²) in [6.07, 6.45) is 6.10. The van der Waals surface area contributed by atoms with Gasteiger partial charge in [-0.15, -0.1) is 0 Å². The van der Waals surface area contributed by atoms with E-state index in [1.807, 2.05) is 11.0 Å². The van der Waals surface area contributed by atoms with Gasteiger partial charge in [-0.3, -0.25) is 9.59 Å². The van der Waals surface area contributed by atoms with Crippen molar-refractivity contribution in [2.75, 3.05) is 13.1 Å². The molecule has 3 atom stereocenters.